The molecule has 0 heterocycles. The Bertz CT molecular complexity index is 158. The Balaban J connectivity index is 3.81. The second kappa shape index (κ2) is 5.66. The quantitative estimate of drug-likeness (QED) is 0.554. The number of nitrogens with one attached hydrogen (secondary N) is 1. The molecular formula is C10H24N2O2. The smallest absolute Gasteiger partial charge is 0.0791 e. The van der Waals surface area contributed by atoms with E-state index < -0.39 is 12.2 Å². The van der Waals surface area contributed by atoms with E-state index in [0.717, 1.165) is 0 Å². The summed E-state index contributed by atoms with van der Waals surface area (Å²) >= 11 is 0. The van der Waals surface area contributed by atoms with Gasteiger partial charge in [-0.05, 0) is 34.9 Å². The lowest BCUT2D eigenvalue weighted by molar-refractivity contribution is 0.0738. The van der Waals surface area contributed by atoms with E-state index in [9.17, 15) is 10.2 Å². The van der Waals surface area contributed by atoms with Crippen molar-refractivity contribution in [2.45, 2.75) is 38.5 Å². The van der Waals surface area contributed by atoms with Gasteiger partial charge in [-0.2, -0.15) is 0 Å². The molecule has 0 amide bonds. The van der Waals surface area contributed by atoms with Crippen LogP contribution in [0.1, 0.15) is 20.8 Å². The lowest BCUT2D eigenvalue weighted by Gasteiger charge is -2.31. The van der Waals surface area contributed by atoms with Crippen LogP contribution >= 0.6 is 0 Å². The number of aliphatic hydroxyl groups excluding tert-OH is 2. The fourth-order valence-corrected chi connectivity index (χ4v) is 1.01. The van der Waals surface area contributed by atoms with Crippen LogP contribution in [0.2, 0.25) is 0 Å². The van der Waals surface area contributed by atoms with E-state index in [2.05, 4.69) is 5.32 Å². The van der Waals surface area contributed by atoms with Gasteiger partial charge in [0, 0.05) is 18.6 Å². The van der Waals surface area contributed by atoms with Gasteiger partial charge in [0.15, 0.2) is 0 Å². The van der Waals surface area contributed by atoms with E-state index in [1.54, 1.807) is 6.92 Å². The monoisotopic (exact) mass is 204 g/mol. The summed E-state index contributed by atoms with van der Waals surface area (Å²) in [6.45, 7) is 6.70. The van der Waals surface area contributed by atoms with E-state index in [1.807, 2.05) is 32.8 Å². The zero-order chi connectivity index (χ0) is 11.4. The molecule has 0 aromatic heterocycles. The molecular weight excluding hydrogens is 180 g/mol. The summed E-state index contributed by atoms with van der Waals surface area (Å²) in [5.74, 6) is 0. The molecule has 0 rings (SSSR count). The van der Waals surface area contributed by atoms with Gasteiger partial charge in [0.25, 0.3) is 0 Å². The van der Waals surface area contributed by atoms with Crippen LogP contribution in [0, 0.1) is 0 Å². The van der Waals surface area contributed by atoms with Crippen molar-refractivity contribution in [2.24, 2.45) is 0 Å². The van der Waals surface area contributed by atoms with Crippen molar-refractivity contribution in [1.82, 2.24) is 10.2 Å². The van der Waals surface area contributed by atoms with Crippen molar-refractivity contribution >= 4 is 0 Å². The highest BCUT2D eigenvalue weighted by Gasteiger charge is 2.23. The predicted octanol–water partition coefficient (Wildman–Crippen LogP) is -0.342. The van der Waals surface area contributed by atoms with Crippen molar-refractivity contribution in [3.05, 3.63) is 0 Å². The molecule has 3 N–H and O–H groups in total. The van der Waals surface area contributed by atoms with Gasteiger partial charge in [-0.15, -0.1) is 0 Å². The summed E-state index contributed by atoms with van der Waals surface area (Å²) in [6.07, 6.45) is -0.836. The molecule has 14 heavy (non-hydrogen) atoms. The van der Waals surface area contributed by atoms with Crippen LogP contribution in [0.25, 0.3) is 0 Å². The molecule has 0 aliphatic carbocycles. The Hall–Kier alpha value is -0.160. The van der Waals surface area contributed by atoms with Crippen LogP contribution in [0.15, 0.2) is 0 Å². The summed E-state index contributed by atoms with van der Waals surface area (Å²) in [5, 5.41) is 22.1. The van der Waals surface area contributed by atoms with Gasteiger partial charge in [0.1, 0.15) is 0 Å². The highest BCUT2D eigenvalue weighted by atomic mass is 16.3. The number of likely N-dealkylation sites (N-methyl/N-ethyl adjacent to an activating group) is 1. The Morgan fingerprint density at radius 3 is 2.14 bits per heavy atom. The van der Waals surface area contributed by atoms with Crippen LogP contribution < -0.4 is 5.32 Å². The van der Waals surface area contributed by atoms with Crippen molar-refractivity contribution in [3.63, 3.8) is 0 Å². The average molecular weight is 204 g/mol. The molecule has 0 aromatic rings. The average Bonchev–Trinajstić information content (AvgIpc) is 1.99. The predicted molar refractivity (Wildman–Crippen MR) is 58.3 cm³/mol. The van der Waals surface area contributed by atoms with Crippen molar-refractivity contribution in [2.75, 3.05) is 27.2 Å². The third-order valence-electron chi connectivity index (χ3n) is 2.41. The summed E-state index contributed by atoms with van der Waals surface area (Å²) in [5.41, 5.74) is -0.354. The van der Waals surface area contributed by atoms with E-state index >= 15 is 0 Å². The Kier molecular flexibility index (Phi) is 5.59. The Morgan fingerprint density at radius 2 is 1.79 bits per heavy atom. The van der Waals surface area contributed by atoms with Gasteiger partial charge in [0.2, 0.25) is 0 Å². The van der Waals surface area contributed by atoms with Crippen LogP contribution in [-0.2, 0) is 0 Å². The molecule has 0 saturated carbocycles. The first-order valence-corrected chi connectivity index (χ1v) is 5.01. The van der Waals surface area contributed by atoms with Crippen LogP contribution in [0.4, 0.5) is 0 Å². The summed E-state index contributed by atoms with van der Waals surface area (Å²) in [4.78, 5) is 1.93. The Morgan fingerprint density at radius 1 is 1.29 bits per heavy atom. The molecule has 86 valence electrons. The summed E-state index contributed by atoms with van der Waals surface area (Å²) < 4.78 is 0. The minimum absolute atomic E-state index is 0.354. The number of β-amino-alcohol motifs (C(OH)–C–C–N with tert-alkyl or cyclic N) is 1. The molecule has 2 unspecified atom stereocenters. The number of nitrogens with zero attached hydrogens (tertiary/aromatic N) is 1. The van der Waals surface area contributed by atoms with Gasteiger partial charge < -0.3 is 20.4 Å². The lowest BCUT2D eigenvalue weighted by Crippen LogP contribution is -2.51. The molecule has 0 aliphatic rings. The molecule has 2 atom stereocenters. The normalized spacial score (nSPS) is 17.1. The number of hydrogen-bond acceptors (Lipinski definition) is 4. The van der Waals surface area contributed by atoms with E-state index in [1.165, 1.54) is 0 Å². The first-order valence-electron chi connectivity index (χ1n) is 5.01. The maximum atomic E-state index is 9.58. The van der Waals surface area contributed by atoms with Crippen molar-refractivity contribution in [3.8, 4) is 0 Å². The molecule has 0 spiro atoms. The largest absolute Gasteiger partial charge is 0.392 e. The first-order chi connectivity index (χ1) is 6.25. The van der Waals surface area contributed by atoms with Gasteiger partial charge in [-0.3, -0.25) is 0 Å². The van der Waals surface area contributed by atoms with Gasteiger partial charge in [-0.1, -0.05) is 0 Å². The van der Waals surface area contributed by atoms with Gasteiger partial charge in [-0.25, -0.2) is 0 Å². The zero-order valence-corrected chi connectivity index (χ0v) is 9.91. The minimum Gasteiger partial charge on any atom is -0.392 e. The SMILES string of the molecule is CC(O)C(C)(C)NCC(O)CN(C)C. The summed E-state index contributed by atoms with van der Waals surface area (Å²) in [7, 11) is 3.84. The topological polar surface area (TPSA) is 55.7 Å². The zero-order valence-electron chi connectivity index (χ0n) is 9.91. The minimum atomic E-state index is -0.436. The highest BCUT2D eigenvalue weighted by molar-refractivity contribution is 4.84. The van der Waals surface area contributed by atoms with Crippen LogP contribution in [0.5, 0.6) is 0 Å². The number of rotatable bonds is 6. The van der Waals surface area contributed by atoms with E-state index in [0.29, 0.717) is 13.1 Å². The molecule has 0 radical (unpaired) electrons. The molecule has 4 heteroatoms. The molecule has 0 aliphatic heterocycles. The van der Waals surface area contributed by atoms with E-state index in [4.69, 9.17) is 0 Å². The van der Waals surface area contributed by atoms with E-state index in [-0.39, 0.29) is 5.54 Å². The lowest BCUT2D eigenvalue weighted by atomic mass is 9.98. The number of aliphatic hydroxyl groups is 2. The first kappa shape index (κ1) is 13.8. The Labute approximate surface area is 86.9 Å². The maximum Gasteiger partial charge on any atom is 0.0791 e. The summed E-state index contributed by atoms with van der Waals surface area (Å²) in [6, 6.07) is 0. The maximum absolute atomic E-state index is 9.58. The molecule has 0 fully saturated rings. The third-order valence-corrected chi connectivity index (χ3v) is 2.41. The second-order valence-electron chi connectivity index (χ2n) is 4.69. The molecule has 0 bridgehead atoms. The van der Waals surface area contributed by atoms with Crippen LogP contribution in [0.3, 0.4) is 0 Å². The standard InChI is InChI=1S/C10H24N2O2/c1-8(13)10(2,3)11-6-9(14)7-12(4)5/h8-9,11,13-14H,6-7H2,1-5H3. The molecule has 0 saturated heterocycles. The molecule has 4 nitrogen and oxygen atoms in total. The van der Waals surface area contributed by atoms with Crippen LogP contribution in [-0.4, -0.2) is 60.0 Å². The van der Waals surface area contributed by atoms with Crippen molar-refractivity contribution in [1.29, 1.82) is 0 Å². The van der Waals surface area contributed by atoms with Gasteiger partial charge in [0.05, 0.1) is 12.2 Å². The fraction of sp³-hybridized carbons (Fsp3) is 1.00. The van der Waals surface area contributed by atoms with Gasteiger partial charge >= 0.3 is 0 Å². The fourth-order valence-electron chi connectivity index (χ4n) is 1.01. The molecule has 0 aromatic carbocycles. The highest BCUT2D eigenvalue weighted by Crippen LogP contribution is 2.07. The van der Waals surface area contributed by atoms with Crippen molar-refractivity contribution < 1.29 is 10.2 Å². The second-order valence-corrected chi connectivity index (χ2v) is 4.69. The third kappa shape index (κ3) is 5.54. The number of hydrogen-bond donors (Lipinski definition) is 3.